The fourth-order valence-electron chi connectivity index (χ4n) is 3.05. The van der Waals surface area contributed by atoms with E-state index in [1.54, 1.807) is 31.5 Å². The van der Waals surface area contributed by atoms with E-state index in [1.165, 1.54) is 14.8 Å². The molecule has 0 aliphatic carbocycles. The minimum atomic E-state index is -0.324. The number of carbonyl (C=O) groups excluding carboxylic acids is 2. The Kier molecular flexibility index (Phi) is 4.37. The molecule has 2 amide bonds. The number of pyridine rings is 1. The lowest BCUT2D eigenvalue weighted by atomic mass is 10.2. The molecule has 8 nitrogen and oxygen atoms in total. The van der Waals surface area contributed by atoms with Crippen LogP contribution >= 0.6 is 0 Å². The van der Waals surface area contributed by atoms with Crippen LogP contribution in [-0.2, 0) is 0 Å². The molecule has 0 saturated carbocycles. The maximum atomic E-state index is 13.1. The highest BCUT2D eigenvalue weighted by Crippen LogP contribution is 2.19. The Morgan fingerprint density at radius 2 is 1.56 bits per heavy atom. The summed E-state index contributed by atoms with van der Waals surface area (Å²) < 4.78 is 0. The van der Waals surface area contributed by atoms with Gasteiger partial charge in [0.05, 0.1) is 11.4 Å². The van der Waals surface area contributed by atoms with Crippen LogP contribution in [0, 0.1) is 6.92 Å². The fraction of sp³-hybridized carbons (Fsp3) is 0.211. The summed E-state index contributed by atoms with van der Waals surface area (Å²) in [6, 6.07) is 12.7. The zero-order valence-electron chi connectivity index (χ0n) is 14.8. The molecule has 0 radical (unpaired) electrons. The number of amides is 2. The van der Waals surface area contributed by atoms with Crippen LogP contribution in [0.1, 0.15) is 33.0 Å². The van der Waals surface area contributed by atoms with E-state index >= 15 is 0 Å². The summed E-state index contributed by atoms with van der Waals surface area (Å²) in [5.74, 6) is -0.550. The quantitative estimate of drug-likeness (QED) is 0.710. The predicted molar refractivity (Wildman–Crippen MR) is 97.0 cm³/mol. The molecule has 1 aromatic carbocycles. The van der Waals surface area contributed by atoms with Gasteiger partial charge in [-0.25, -0.2) is 10.0 Å². The van der Waals surface area contributed by atoms with Crippen LogP contribution in [0.25, 0.3) is 5.69 Å². The number of nitrogens with zero attached hydrogens (tertiary/aromatic N) is 6. The first-order chi connectivity index (χ1) is 13.1. The van der Waals surface area contributed by atoms with E-state index in [1.807, 2.05) is 30.3 Å². The molecule has 1 aliphatic heterocycles. The third kappa shape index (κ3) is 3.17. The highest BCUT2D eigenvalue weighted by atomic mass is 16.2. The Morgan fingerprint density at radius 3 is 2.26 bits per heavy atom. The number of carbonyl (C=O) groups is 2. The third-order valence-corrected chi connectivity index (χ3v) is 4.40. The van der Waals surface area contributed by atoms with Gasteiger partial charge in [-0.05, 0) is 37.6 Å². The van der Waals surface area contributed by atoms with Crippen LogP contribution in [0.5, 0.6) is 0 Å². The van der Waals surface area contributed by atoms with Crippen molar-refractivity contribution in [2.24, 2.45) is 0 Å². The molecular weight excluding hydrogens is 344 g/mol. The molecule has 1 saturated heterocycles. The maximum Gasteiger partial charge on any atom is 0.294 e. The SMILES string of the molecule is Cc1nn(-c2ccccc2)nc1C(=O)N1CCCN1C(=O)c1ccncc1. The first-order valence-electron chi connectivity index (χ1n) is 8.68. The number of para-hydroxylation sites is 1. The van der Waals surface area contributed by atoms with Crippen LogP contribution in [0.3, 0.4) is 0 Å². The van der Waals surface area contributed by atoms with Gasteiger partial charge in [-0.2, -0.15) is 9.90 Å². The minimum absolute atomic E-state index is 0.226. The molecular formula is C19H18N6O2. The summed E-state index contributed by atoms with van der Waals surface area (Å²) in [5.41, 5.74) is 2.03. The summed E-state index contributed by atoms with van der Waals surface area (Å²) >= 11 is 0. The van der Waals surface area contributed by atoms with Crippen molar-refractivity contribution in [2.45, 2.75) is 13.3 Å². The van der Waals surface area contributed by atoms with E-state index in [0.717, 1.165) is 5.69 Å². The average molecular weight is 362 g/mol. The van der Waals surface area contributed by atoms with Crippen LogP contribution in [0.2, 0.25) is 0 Å². The van der Waals surface area contributed by atoms with Gasteiger partial charge in [-0.15, -0.1) is 5.10 Å². The standard InChI is InChI=1S/C19H18N6O2/c1-14-17(22-25(21-14)16-6-3-2-4-7-16)19(27)24-13-5-12-23(24)18(26)15-8-10-20-11-9-15/h2-4,6-11H,5,12-13H2,1H3. The van der Waals surface area contributed by atoms with Crippen molar-refractivity contribution in [1.82, 2.24) is 30.0 Å². The lowest BCUT2D eigenvalue weighted by Gasteiger charge is -2.27. The number of rotatable bonds is 3. The summed E-state index contributed by atoms with van der Waals surface area (Å²) in [6.07, 6.45) is 3.84. The molecule has 0 N–H and O–H groups in total. The molecule has 0 spiro atoms. The van der Waals surface area contributed by atoms with Gasteiger partial charge in [0.2, 0.25) is 0 Å². The lowest BCUT2D eigenvalue weighted by molar-refractivity contribution is 0.0181. The summed E-state index contributed by atoms with van der Waals surface area (Å²) in [5, 5.41) is 11.6. The Morgan fingerprint density at radius 1 is 0.889 bits per heavy atom. The fourth-order valence-corrected chi connectivity index (χ4v) is 3.05. The Hall–Kier alpha value is -3.55. The van der Waals surface area contributed by atoms with Gasteiger partial charge in [-0.1, -0.05) is 18.2 Å². The Balaban J connectivity index is 1.61. The molecule has 1 fully saturated rings. The molecule has 3 aromatic rings. The Labute approximate surface area is 156 Å². The summed E-state index contributed by atoms with van der Waals surface area (Å²) in [4.78, 5) is 31.2. The van der Waals surface area contributed by atoms with E-state index in [4.69, 9.17) is 0 Å². The van der Waals surface area contributed by atoms with E-state index in [-0.39, 0.29) is 17.5 Å². The van der Waals surface area contributed by atoms with E-state index in [0.29, 0.717) is 30.8 Å². The van der Waals surface area contributed by atoms with Gasteiger partial charge in [0.15, 0.2) is 5.69 Å². The molecule has 0 bridgehead atoms. The van der Waals surface area contributed by atoms with Crippen molar-refractivity contribution in [3.8, 4) is 5.69 Å². The first kappa shape index (κ1) is 16.9. The van der Waals surface area contributed by atoms with Gasteiger partial charge in [-0.3, -0.25) is 14.6 Å². The molecule has 136 valence electrons. The molecule has 2 aromatic heterocycles. The summed E-state index contributed by atoms with van der Waals surface area (Å²) in [6.45, 7) is 2.69. The molecule has 1 aliphatic rings. The van der Waals surface area contributed by atoms with Gasteiger partial charge in [0.25, 0.3) is 11.8 Å². The number of hydrogen-bond acceptors (Lipinski definition) is 5. The van der Waals surface area contributed by atoms with Crippen molar-refractivity contribution in [3.05, 3.63) is 71.8 Å². The predicted octanol–water partition coefficient (Wildman–Crippen LogP) is 1.87. The number of aryl methyl sites for hydroxylation is 1. The molecule has 8 heteroatoms. The van der Waals surface area contributed by atoms with Crippen molar-refractivity contribution in [2.75, 3.05) is 13.1 Å². The maximum absolute atomic E-state index is 13.1. The minimum Gasteiger partial charge on any atom is -0.267 e. The lowest BCUT2D eigenvalue weighted by Crippen LogP contribution is -2.45. The highest BCUT2D eigenvalue weighted by molar-refractivity contribution is 5.98. The number of hydrogen-bond donors (Lipinski definition) is 0. The number of benzene rings is 1. The molecule has 0 unspecified atom stereocenters. The van der Waals surface area contributed by atoms with Crippen LogP contribution in [0.15, 0.2) is 54.9 Å². The van der Waals surface area contributed by atoms with Crippen molar-refractivity contribution in [3.63, 3.8) is 0 Å². The van der Waals surface area contributed by atoms with E-state index in [9.17, 15) is 9.59 Å². The summed E-state index contributed by atoms with van der Waals surface area (Å²) in [7, 11) is 0. The zero-order valence-corrected chi connectivity index (χ0v) is 14.8. The van der Waals surface area contributed by atoms with E-state index < -0.39 is 0 Å². The smallest absolute Gasteiger partial charge is 0.267 e. The van der Waals surface area contributed by atoms with Crippen LogP contribution < -0.4 is 0 Å². The zero-order chi connectivity index (χ0) is 18.8. The molecule has 0 atom stereocenters. The van der Waals surface area contributed by atoms with Gasteiger partial charge in [0.1, 0.15) is 0 Å². The highest BCUT2D eigenvalue weighted by Gasteiger charge is 2.34. The second-order valence-electron chi connectivity index (χ2n) is 6.21. The second-order valence-corrected chi connectivity index (χ2v) is 6.21. The monoisotopic (exact) mass is 362 g/mol. The topological polar surface area (TPSA) is 84.2 Å². The number of hydrazine groups is 1. The van der Waals surface area contributed by atoms with Gasteiger partial charge in [0, 0.05) is 31.0 Å². The molecule has 4 rings (SSSR count). The first-order valence-corrected chi connectivity index (χ1v) is 8.68. The van der Waals surface area contributed by atoms with Crippen molar-refractivity contribution in [1.29, 1.82) is 0 Å². The van der Waals surface area contributed by atoms with Crippen molar-refractivity contribution >= 4 is 11.8 Å². The largest absolute Gasteiger partial charge is 0.294 e. The normalized spacial score (nSPS) is 13.8. The molecule has 3 heterocycles. The second kappa shape index (κ2) is 6.99. The van der Waals surface area contributed by atoms with Crippen LogP contribution in [0.4, 0.5) is 0 Å². The van der Waals surface area contributed by atoms with E-state index in [2.05, 4.69) is 15.2 Å². The number of aromatic nitrogens is 4. The van der Waals surface area contributed by atoms with Gasteiger partial charge < -0.3 is 0 Å². The van der Waals surface area contributed by atoms with Gasteiger partial charge >= 0.3 is 0 Å². The Bertz CT molecular complexity index is 970. The van der Waals surface area contributed by atoms with Crippen LogP contribution in [-0.4, -0.2) is 54.9 Å². The molecule has 27 heavy (non-hydrogen) atoms. The van der Waals surface area contributed by atoms with Crippen molar-refractivity contribution < 1.29 is 9.59 Å². The average Bonchev–Trinajstić information content (AvgIpc) is 3.35. The third-order valence-electron chi connectivity index (χ3n) is 4.40.